The van der Waals surface area contributed by atoms with Gasteiger partial charge in [0.2, 0.25) is 0 Å². The first-order chi connectivity index (χ1) is 10.9. The molecule has 0 fully saturated rings. The van der Waals surface area contributed by atoms with Gasteiger partial charge in [-0.1, -0.05) is 0 Å². The average Bonchev–Trinajstić information content (AvgIpc) is 2.43. The number of nitrogens with zero attached hydrogens (tertiary/aromatic N) is 1. The Bertz CT molecular complexity index is 773. The molecule has 1 aromatic carbocycles. The third-order valence-corrected chi connectivity index (χ3v) is 3.91. The van der Waals surface area contributed by atoms with Crippen LogP contribution in [0, 0.1) is 18.6 Å². The molecule has 8 heteroatoms. The molecule has 0 unspecified atom stereocenters. The first-order valence-corrected chi connectivity index (χ1v) is 7.75. The Morgan fingerprint density at radius 1 is 1.30 bits per heavy atom. The van der Waals surface area contributed by atoms with Crippen molar-refractivity contribution in [1.29, 1.82) is 0 Å². The first kappa shape index (κ1) is 17.1. The molecule has 122 valence electrons. The van der Waals surface area contributed by atoms with Crippen molar-refractivity contribution in [3.8, 4) is 0 Å². The van der Waals surface area contributed by atoms with Gasteiger partial charge in [0.15, 0.2) is 0 Å². The number of ether oxygens (including phenoxy) is 1. The lowest BCUT2D eigenvalue weighted by molar-refractivity contribution is 0.0519. The van der Waals surface area contributed by atoms with E-state index in [-0.39, 0.29) is 22.9 Å². The van der Waals surface area contributed by atoms with Gasteiger partial charge in [0.1, 0.15) is 22.2 Å². The van der Waals surface area contributed by atoms with Gasteiger partial charge in [-0.25, -0.2) is 18.4 Å². The van der Waals surface area contributed by atoms with E-state index in [9.17, 15) is 18.4 Å². The molecule has 0 radical (unpaired) electrons. The molecule has 23 heavy (non-hydrogen) atoms. The highest BCUT2D eigenvalue weighted by molar-refractivity contribution is 7.98. The number of hydrogen-bond acceptors (Lipinski definition) is 5. The number of esters is 1. The summed E-state index contributed by atoms with van der Waals surface area (Å²) in [5, 5.41) is 0.161. The maximum absolute atomic E-state index is 13.2. The van der Waals surface area contributed by atoms with Gasteiger partial charge in [-0.2, -0.15) is 4.98 Å². The predicted molar refractivity (Wildman–Crippen MR) is 81.5 cm³/mol. The van der Waals surface area contributed by atoms with Crippen molar-refractivity contribution >= 4 is 17.7 Å². The van der Waals surface area contributed by atoms with E-state index in [2.05, 4.69) is 9.97 Å². The molecule has 2 aromatic rings. The highest BCUT2D eigenvalue weighted by Crippen LogP contribution is 2.26. The minimum atomic E-state index is -0.693. The number of aryl methyl sites for hydroxylation is 1. The molecule has 0 amide bonds. The van der Waals surface area contributed by atoms with E-state index in [4.69, 9.17) is 4.74 Å². The average molecular weight is 340 g/mol. The summed E-state index contributed by atoms with van der Waals surface area (Å²) in [6.07, 6.45) is 0. The minimum Gasteiger partial charge on any atom is -0.462 e. The fraction of sp³-hybridized carbons (Fsp3) is 0.267. The van der Waals surface area contributed by atoms with Crippen molar-refractivity contribution in [3.05, 3.63) is 57.1 Å². The maximum atomic E-state index is 13.2. The van der Waals surface area contributed by atoms with E-state index in [1.165, 1.54) is 12.1 Å². The minimum absolute atomic E-state index is 0.147. The molecule has 0 aliphatic rings. The first-order valence-electron chi connectivity index (χ1n) is 6.76. The Kier molecular flexibility index (Phi) is 5.49. The van der Waals surface area contributed by atoms with Crippen LogP contribution in [0.2, 0.25) is 0 Å². The third-order valence-electron chi connectivity index (χ3n) is 2.86. The van der Waals surface area contributed by atoms with Crippen LogP contribution in [-0.2, 0) is 10.5 Å². The summed E-state index contributed by atoms with van der Waals surface area (Å²) < 4.78 is 31.3. The molecule has 1 N–H and O–H groups in total. The van der Waals surface area contributed by atoms with Crippen LogP contribution in [0.15, 0.2) is 28.0 Å². The van der Waals surface area contributed by atoms with Crippen LogP contribution in [0.5, 0.6) is 0 Å². The summed E-state index contributed by atoms with van der Waals surface area (Å²) in [5.41, 5.74) is 0.246. The van der Waals surface area contributed by atoms with Crippen molar-refractivity contribution in [2.75, 3.05) is 6.61 Å². The van der Waals surface area contributed by atoms with Crippen molar-refractivity contribution in [3.63, 3.8) is 0 Å². The van der Waals surface area contributed by atoms with Gasteiger partial charge < -0.3 is 9.72 Å². The summed E-state index contributed by atoms with van der Waals surface area (Å²) in [6.45, 7) is 3.40. The van der Waals surface area contributed by atoms with Crippen LogP contribution >= 0.6 is 11.8 Å². The number of aromatic nitrogens is 2. The Labute approximate surface area is 135 Å². The van der Waals surface area contributed by atoms with Gasteiger partial charge in [0, 0.05) is 17.5 Å². The van der Waals surface area contributed by atoms with E-state index in [1.54, 1.807) is 13.8 Å². The number of carbonyl (C=O) groups is 1. The zero-order valence-corrected chi connectivity index (χ0v) is 13.3. The summed E-state index contributed by atoms with van der Waals surface area (Å²) >= 11 is 1.03. The van der Waals surface area contributed by atoms with Crippen molar-refractivity contribution < 1.29 is 18.3 Å². The Morgan fingerprint density at radius 3 is 2.57 bits per heavy atom. The molecule has 0 saturated heterocycles. The van der Waals surface area contributed by atoms with Crippen molar-refractivity contribution in [2.45, 2.75) is 24.6 Å². The van der Waals surface area contributed by atoms with Crippen LogP contribution in [0.3, 0.4) is 0 Å². The van der Waals surface area contributed by atoms with Gasteiger partial charge in [-0.05, 0) is 31.5 Å². The van der Waals surface area contributed by atoms with Crippen LogP contribution in [0.4, 0.5) is 8.78 Å². The van der Waals surface area contributed by atoms with E-state index >= 15 is 0 Å². The normalized spacial score (nSPS) is 10.6. The number of aromatic amines is 1. The Hall–Kier alpha value is -2.22. The van der Waals surface area contributed by atoms with Gasteiger partial charge >= 0.3 is 11.7 Å². The lowest BCUT2D eigenvalue weighted by Gasteiger charge is -2.10. The standard InChI is InChI=1S/C15H14F2N2O3S/c1-3-22-14(20)12-8(2)18-15(21)19-13(12)23-7-9-4-10(16)6-11(17)5-9/h4-6H,3,7H2,1-2H3,(H,18,19,21). The van der Waals surface area contributed by atoms with Gasteiger partial charge in [-0.3, -0.25) is 0 Å². The quantitative estimate of drug-likeness (QED) is 0.515. The molecule has 0 saturated carbocycles. The highest BCUT2D eigenvalue weighted by Gasteiger charge is 2.19. The highest BCUT2D eigenvalue weighted by atomic mass is 32.2. The van der Waals surface area contributed by atoms with Crippen molar-refractivity contribution in [1.82, 2.24) is 9.97 Å². The number of halogens is 2. The summed E-state index contributed by atoms with van der Waals surface area (Å²) in [4.78, 5) is 29.7. The van der Waals surface area contributed by atoms with Gasteiger partial charge in [0.25, 0.3) is 0 Å². The molecule has 1 heterocycles. The topological polar surface area (TPSA) is 72.0 Å². The molecular formula is C15H14F2N2O3S. The maximum Gasteiger partial charge on any atom is 0.346 e. The number of hydrogen-bond donors (Lipinski definition) is 1. The number of carbonyl (C=O) groups excluding carboxylic acids is 1. The zero-order chi connectivity index (χ0) is 17.0. The molecular weight excluding hydrogens is 326 g/mol. The number of benzene rings is 1. The molecule has 2 rings (SSSR count). The number of nitrogens with one attached hydrogen (secondary N) is 1. The van der Waals surface area contributed by atoms with Crippen molar-refractivity contribution in [2.24, 2.45) is 0 Å². The second-order valence-electron chi connectivity index (χ2n) is 4.63. The van der Waals surface area contributed by atoms with Gasteiger partial charge in [0.05, 0.1) is 6.61 Å². The fourth-order valence-electron chi connectivity index (χ4n) is 1.95. The van der Waals surface area contributed by atoms with Gasteiger partial charge in [-0.15, -0.1) is 11.8 Å². The second kappa shape index (κ2) is 7.36. The lowest BCUT2D eigenvalue weighted by Crippen LogP contribution is -2.19. The van der Waals surface area contributed by atoms with Crippen LogP contribution < -0.4 is 5.69 Å². The number of thioether (sulfide) groups is 1. The SMILES string of the molecule is CCOC(=O)c1c(SCc2cc(F)cc(F)c2)nc(=O)[nH]c1C. The summed E-state index contributed by atoms with van der Waals surface area (Å²) in [6, 6.07) is 3.13. The summed E-state index contributed by atoms with van der Waals surface area (Å²) in [7, 11) is 0. The monoisotopic (exact) mass is 340 g/mol. The molecule has 0 spiro atoms. The number of H-pyrrole nitrogens is 1. The van der Waals surface area contributed by atoms with Crippen LogP contribution in [-0.4, -0.2) is 22.5 Å². The summed E-state index contributed by atoms with van der Waals surface area (Å²) in [5.74, 6) is -1.85. The smallest absolute Gasteiger partial charge is 0.346 e. The molecule has 0 aliphatic carbocycles. The zero-order valence-electron chi connectivity index (χ0n) is 12.5. The molecule has 1 aromatic heterocycles. The molecule has 0 atom stereocenters. The van der Waals surface area contributed by atoms with E-state index in [0.717, 1.165) is 17.8 Å². The molecule has 0 bridgehead atoms. The van der Waals surface area contributed by atoms with Crippen LogP contribution in [0.1, 0.15) is 28.5 Å². The molecule has 0 aliphatic heterocycles. The lowest BCUT2D eigenvalue weighted by atomic mass is 10.2. The third kappa shape index (κ3) is 4.38. The molecule has 5 nitrogen and oxygen atoms in total. The van der Waals surface area contributed by atoms with E-state index in [0.29, 0.717) is 11.3 Å². The fourth-order valence-corrected chi connectivity index (χ4v) is 2.95. The van der Waals surface area contributed by atoms with Crippen LogP contribution in [0.25, 0.3) is 0 Å². The second-order valence-corrected chi connectivity index (χ2v) is 5.60. The largest absolute Gasteiger partial charge is 0.462 e. The Balaban J connectivity index is 2.31. The number of rotatable bonds is 5. The van der Waals surface area contributed by atoms with E-state index < -0.39 is 23.3 Å². The Morgan fingerprint density at radius 2 is 1.96 bits per heavy atom. The predicted octanol–water partition coefficient (Wildman–Crippen LogP) is 2.83. The van der Waals surface area contributed by atoms with E-state index in [1.807, 2.05) is 0 Å².